The number of hydrogen-bond acceptors (Lipinski definition) is 6. The van der Waals surface area contributed by atoms with E-state index in [0.717, 1.165) is 63.8 Å². The van der Waals surface area contributed by atoms with E-state index in [4.69, 9.17) is 25.4 Å². The summed E-state index contributed by atoms with van der Waals surface area (Å²) in [7, 11) is 0. The van der Waals surface area contributed by atoms with Crippen molar-refractivity contribution in [2.24, 2.45) is 0 Å². The van der Waals surface area contributed by atoms with E-state index in [1.54, 1.807) is 0 Å². The number of benzene rings is 2. The molecule has 6 rings (SSSR count). The maximum absolute atomic E-state index is 5.90. The van der Waals surface area contributed by atoms with Gasteiger partial charge in [-0.15, -0.1) is 0 Å². The van der Waals surface area contributed by atoms with E-state index in [1.165, 1.54) is 0 Å². The Morgan fingerprint density at radius 2 is 1.65 bits per heavy atom. The number of pyridine rings is 1. The van der Waals surface area contributed by atoms with Gasteiger partial charge in [0.15, 0.2) is 11.5 Å². The van der Waals surface area contributed by atoms with Gasteiger partial charge in [0.25, 0.3) is 0 Å². The van der Waals surface area contributed by atoms with Gasteiger partial charge < -0.3 is 15.4 Å². The highest BCUT2D eigenvalue weighted by Gasteiger charge is 2.19. The van der Waals surface area contributed by atoms with Crippen LogP contribution in [-0.4, -0.2) is 45.7 Å². The highest BCUT2D eigenvalue weighted by atomic mass is 16.5. The Labute approximate surface area is 197 Å². The van der Waals surface area contributed by atoms with E-state index in [-0.39, 0.29) is 0 Å². The van der Waals surface area contributed by atoms with Crippen molar-refractivity contribution in [3.05, 3.63) is 84.4 Å². The number of nitrogens with zero attached hydrogens (tertiary/aromatic N) is 5. The molecule has 0 aliphatic carbocycles. The van der Waals surface area contributed by atoms with Crippen molar-refractivity contribution in [2.75, 3.05) is 36.9 Å². The Kier molecular flexibility index (Phi) is 5.16. The minimum absolute atomic E-state index is 0.689. The monoisotopic (exact) mass is 448 g/mol. The second kappa shape index (κ2) is 8.61. The summed E-state index contributed by atoms with van der Waals surface area (Å²) in [5.74, 6) is 0.867. The first-order valence-corrected chi connectivity index (χ1v) is 11.4. The zero-order chi connectivity index (χ0) is 22.9. The molecule has 5 aromatic rings. The summed E-state index contributed by atoms with van der Waals surface area (Å²) in [6.07, 6.45) is 7.95. The molecule has 0 atom stereocenters. The Morgan fingerprint density at radius 3 is 2.50 bits per heavy atom. The normalized spacial score (nSPS) is 14.4. The molecule has 0 saturated carbocycles. The van der Waals surface area contributed by atoms with Crippen LogP contribution in [0.25, 0.3) is 40.0 Å². The first-order valence-electron chi connectivity index (χ1n) is 11.4. The van der Waals surface area contributed by atoms with Crippen molar-refractivity contribution in [1.82, 2.24) is 19.4 Å². The molecule has 1 aliphatic rings. The fraction of sp³-hybridized carbons (Fsp3) is 0.148. The van der Waals surface area contributed by atoms with Crippen LogP contribution in [0.3, 0.4) is 0 Å². The summed E-state index contributed by atoms with van der Waals surface area (Å²) in [4.78, 5) is 16.7. The molecule has 1 fully saturated rings. The van der Waals surface area contributed by atoms with Gasteiger partial charge in [-0.2, -0.15) is 0 Å². The van der Waals surface area contributed by atoms with E-state index in [9.17, 15) is 0 Å². The Bertz CT molecular complexity index is 1500. The zero-order valence-corrected chi connectivity index (χ0v) is 18.6. The number of hydrogen-bond donors (Lipinski definition) is 1. The fourth-order valence-electron chi connectivity index (χ4n) is 4.27. The Morgan fingerprint density at radius 1 is 0.853 bits per heavy atom. The smallest absolute Gasteiger partial charge is 0.181 e. The molecule has 0 bridgehead atoms. The summed E-state index contributed by atoms with van der Waals surface area (Å²) >= 11 is 0. The molecule has 1 aliphatic heterocycles. The quantitative estimate of drug-likeness (QED) is 0.407. The minimum Gasteiger partial charge on any atom is -0.399 e. The van der Waals surface area contributed by atoms with Gasteiger partial charge in [0.1, 0.15) is 0 Å². The van der Waals surface area contributed by atoms with Gasteiger partial charge in [-0.3, -0.25) is 4.40 Å². The number of nitrogen functional groups attached to an aromatic ring is 1. The summed E-state index contributed by atoms with van der Waals surface area (Å²) in [6, 6.07) is 20.1. The van der Waals surface area contributed by atoms with E-state index >= 15 is 0 Å². The maximum atomic E-state index is 5.90. The van der Waals surface area contributed by atoms with Gasteiger partial charge in [0.05, 0.1) is 42.0 Å². The molecular weight excluding hydrogens is 424 g/mol. The van der Waals surface area contributed by atoms with E-state index < -0.39 is 0 Å². The third kappa shape index (κ3) is 3.86. The molecule has 0 radical (unpaired) electrons. The van der Waals surface area contributed by atoms with Crippen LogP contribution in [0.2, 0.25) is 0 Å². The molecule has 1 saturated heterocycles. The van der Waals surface area contributed by atoms with Crippen LogP contribution in [0.4, 0.5) is 11.5 Å². The predicted molar refractivity (Wildman–Crippen MR) is 137 cm³/mol. The Balaban J connectivity index is 1.43. The molecule has 2 aromatic carbocycles. The number of rotatable bonds is 4. The summed E-state index contributed by atoms with van der Waals surface area (Å²) in [5.41, 5.74) is 12.2. The minimum atomic E-state index is 0.689. The predicted octanol–water partition coefficient (Wildman–Crippen LogP) is 4.53. The van der Waals surface area contributed by atoms with Gasteiger partial charge >= 0.3 is 0 Å². The lowest BCUT2D eigenvalue weighted by Crippen LogP contribution is -2.37. The third-order valence-electron chi connectivity index (χ3n) is 6.06. The first kappa shape index (κ1) is 20.4. The van der Waals surface area contributed by atoms with Crippen molar-refractivity contribution < 1.29 is 4.74 Å². The lowest BCUT2D eigenvalue weighted by atomic mass is 10.1. The van der Waals surface area contributed by atoms with Gasteiger partial charge in [0.2, 0.25) is 0 Å². The second-order valence-corrected chi connectivity index (χ2v) is 8.31. The summed E-state index contributed by atoms with van der Waals surface area (Å²) in [5, 5.41) is 1.13. The number of para-hydroxylation sites is 1. The number of fused-ring (bicyclic) bond motifs is 2. The molecule has 0 unspecified atom stereocenters. The molecule has 168 valence electrons. The molecule has 3 aromatic heterocycles. The van der Waals surface area contributed by atoms with E-state index in [1.807, 2.05) is 73.1 Å². The largest absolute Gasteiger partial charge is 0.399 e. The van der Waals surface area contributed by atoms with Gasteiger partial charge in [-0.05, 0) is 36.4 Å². The molecule has 2 N–H and O–H groups in total. The number of aromatic nitrogens is 4. The average molecular weight is 449 g/mol. The molecule has 0 amide bonds. The van der Waals surface area contributed by atoms with Gasteiger partial charge in [-0.1, -0.05) is 36.4 Å². The van der Waals surface area contributed by atoms with Crippen LogP contribution in [0.1, 0.15) is 11.4 Å². The standard InChI is InChI=1S/C27H24N6O/c28-21-8-5-20(6-9-21)25-17-29-26(32-13-15-34-16-14-32)27-31-23(18-33(25)27)12-11-22-10-7-19-3-1-2-4-24(19)30-22/h1-12,17-18H,13-16,28H2/b12-11+. The van der Waals surface area contributed by atoms with Gasteiger partial charge in [0, 0.05) is 35.9 Å². The highest BCUT2D eigenvalue weighted by molar-refractivity contribution is 5.81. The molecule has 7 nitrogen and oxygen atoms in total. The van der Waals surface area contributed by atoms with Crippen LogP contribution < -0.4 is 10.6 Å². The van der Waals surface area contributed by atoms with E-state index in [0.29, 0.717) is 13.2 Å². The van der Waals surface area contributed by atoms with Crippen LogP contribution in [-0.2, 0) is 4.74 Å². The van der Waals surface area contributed by atoms with Crippen molar-refractivity contribution in [3.63, 3.8) is 0 Å². The first-order chi connectivity index (χ1) is 16.7. The van der Waals surface area contributed by atoms with Crippen LogP contribution in [0.15, 0.2) is 73.1 Å². The third-order valence-corrected chi connectivity index (χ3v) is 6.06. The highest BCUT2D eigenvalue weighted by Crippen LogP contribution is 2.28. The van der Waals surface area contributed by atoms with Crippen molar-refractivity contribution in [2.45, 2.75) is 0 Å². The molecule has 7 heteroatoms. The summed E-state index contributed by atoms with van der Waals surface area (Å²) in [6.45, 7) is 2.97. The van der Waals surface area contributed by atoms with Crippen molar-refractivity contribution in [1.29, 1.82) is 0 Å². The molecule has 34 heavy (non-hydrogen) atoms. The molecule has 4 heterocycles. The lowest BCUT2D eigenvalue weighted by molar-refractivity contribution is 0.122. The SMILES string of the molecule is Nc1ccc(-c2cnc(N3CCOCC3)c3nc(/C=C/c4ccc5ccccc5n4)cn23)cc1. The second-order valence-electron chi connectivity index (χ2n) is 8.31. The maximum Gasteiger partial charge on any atom is 0.181 e. The molecular formula is C27H24N6O. The topological polar surface area (TPSA) is 81.6 Å². The lowest BCUT2D eigenvalue weighted by Gasteiger charge is -2.28. The molecule has 0 spiro atoms. The fourth-order valence-corrected chi connectivity index (χ4v) is 4.27. The van der Waals surface area contributed by atoms with Gasteiger partial charge in [-0.25, -0.2) is 15.0 Å². The van der Waals surface area contributed by atoms with Crippen LogP contribution in [0.5, 0.6) is 0 Å². The number of nitrogens with two attached hydrogens (primary N) is 1. The Hall–Kier alpha value is -4.23. The number of anilines is 2. The zero-order valence-electron chi connectivity index (χ0n) is 18.6. The van der Waals surface area contributed by atoms with Crippen LogP contribution in [0, 0.1) is 0 Å². The average Bonchev–Trinajstić information content (AvgIpc) is 3.32. The van der Waals surface area contributed by atoms with E-state index in [2.05, 4.69) is 21.4 Å². The summed E-state index contributed by atoms with van der Waals surface area (Å²) < 4.78 is 7.64. The van der Waals surface area contributed by atoms with Crippen LogP contribution >= 0.6 is 0 Å². The number of imidazole rings is 1. The van der Waals surface area contributed by atoms with Crippen molar-refractivity contribution in [3.8, 4) is 11.3 Å². The number of ether oxygens (including phenoxy) is 1. The number of morpholine rings is 1. The van der Waals surface area contributed by atoms with Crippen molar-refractivity contribution >= 4 is 40.2 Å².